The largest absolute Gasteiger partial charge is 0.490 e. The van der Waals surface area contributed by atoms with Gasteiger partial charge in [-0.05, 0) is 42.5 Å². The molecule has 6 heteroatoms. The van der Waals surface area contributed by atoms with E-state index in [1.165, 1.54) is 18.0 Å². The molecule has 1 aromatic carbocycles. The predicted molar refractivity (Wildman–Crippen MR) is 106 cm³/mol. The van der Waals surface area contributed by atoms with E-state index >= 15 is 0 Å². The monoisotopic (exact) mass is 373 g/mol. The smallest absolute Gasteiger partial charge is 0.220 e. The highest BCUT2D eigenvalue weighted by Gasteiger charge is 2.28. The Kier molecular flexibility index (Phi) is 6.14. The first-order valence-electron chi connectivity index (χ1n) is 8.91. The third-order valence-electron chi connectivity index (χ3n) is 4.59. The van der Waals surface area contributed by atoms with Crippen molar-refractivity contribution in [3.05, 3.63) is 48.0 Å². The van der Waals surface area contributed by atoms with Crippen molar-refractivity contribution >= 4 is 16.9 Å². The number of nitrogens with zero attached hydrogens (tertiary/aromatic N) is 2. The number of hydrogen-bond acceptors (Lipinski definition) is 4. The van der Waals surface area contributed by atoms with Gasteiger partial charge in [-0.3, -0.25) is 4.99 Å². The summed E-state index contributed by atoms with van der Waals surface area (Å²) in [6, 6.07) is 9.12. The van der Waals surface area contributed by atoms with Gasteiger partial charge >= 0.3 is 0 Å². The second kappa shape index (κ2) is 8.54. The Bertz CT molecular complexity index is 796. The van der Waals surface area contributed by atoms with Crippen molar-refractivity contribution in [2.24, 2.45) is 10.7 Å². The average molecular weight is 373 g/mol. The lowest BCUT2D eigenvalue weighted by Gasteiger charge is -2.31. The van der Waals surface area contributed by atoms with Crippen LogP contribution >= 0.6 is 11.8 Å². The molecule has 138 valence electrons. The van der Waals surface area contributed by atoms with Crippen LogP contribution in [0.5, 0.6) is 5.75 Å². The van der Waals surface area contributed by atoms with Crippen molar-refractivity contribution in [3.63, 3.8) is 0 Å². The lowest BCUT2D eigenvalue weighted by atomic mass is 9.92. The molecule has 0 amide bonds. The molecule has 0 aliphatic carbocycles. The highest BCUT2D eigenvalue weighted by atomic mass is 32.2. The number of benzene rings is 1. The minimum absolute atomic E-state index is 0.0762. The summed E-state index contributed by atoms with van der Waals surface area (Å²) < 4.78 is 20.3. The number of ether oxygens (including phenoxy) is 1. The number of fused-ring (bicyclic) bond motifs is 1. The number of nitrogens with two attached hydrogens (primary N) is 1. The number of unbranched alkanes of at least 4 members (excludes halogenated alkanes) is 1. The molecule has 2 aromatic rings. The summed E-state index contributed by atoms with van der Waals surface area (Å²) in [5, 5.41) is 0.551. The van der Waals surface area contributed by atoms with Gasteiger partial charge in [0.1, 0.15) is 11.9 Å². The van der Waals surface area contributed by atoms with Crippen LogP contribution in [0.1, 0.15) is 44.2 Å². The molecule has 0 saturated heterocycles. The van der Waals surface area contributed by atoms with Crippen LogP contribution < -0.4 is 10.5 Å². The molecule has 1 aliphatic rings. The fourth-order valence-corrected chi connectivity index (χ4v) is 3.46. The van der Waals surface area contributed by atoms with Crippen molar-refractivity contribution in [2.75, 3.05) is 6.26 Å². The third kappa shape index (κ3) is 4.18. The maximum Gasteiger partial charge on any atom is 0.220 e. The fourth-order valence-electron chi connectivity index (χ4n) is 3.23. The summed E-state index contributed by atoms with van der Waals surface area (Å²) in [5.41, 5.74) is 8.18. The van der Waals surface area contributed by atoms with Gasteiger partial charge in [0, 0.05) is 23.7 Å². The molecule has 2 heterocycles. The lowest BCUT2D eigenvalue weighted by molar-refractivity contribution is 0.148. The van der Waals surface area contributed by atoms with Crippen LogP contribution in [0.4, 0.5) is 4.39 Å². The Labute approximate surface area is 158 Å². The number of aliphatic imine (C=N–C) groups is 1. The fraction of sp³-hybridized carbons (Fsp3) is 0.400. The number of hydrogen-bond donors (Lipinski definition) is 1. The lowest BCUT2D eigenvalue weighted by Crippen LogP contribution is -2.26. The van der Waals surface area contributed by atoms with Crippen molar-refractivity contribution in [3.8, 4) is 16.9 Å². The van der Waals surface area contributed by atoms with Crippen LogP contribution in [0.15, 0.2) is 41.5 Å². The zero-order chi connectivity index (χ0) is 18.5. The topological polar surface area (TPSA) is 60.5 Å². The number of thioether (sulfide) groups is 1. The van der Waals surface area contributed by atoms with Crippen LogP contribution in [0.25, 0.3) is 11.1 Å². The zero-order valence-electron chi connectivity index (χ0n) is 15.1. The quantitative estimate of drug-likeness (QED) is 0.458. The van der Waals surface area contributed by atoms with E-state index in [1.807, 2.05) is 24.5 Å². The molecule has 0 spiro atoms. The molecular formula is C20H24FN3OS. The Morgan fingerprint density at radius 3 is 3.00 bits per heavy atom. The molecule has 3 rings (SSSR count). The van der Waals surface area contributed by atoms with Crippen LogP contribution in [-0.4, -0.2) is 22.5 Å². The third-order valence-corrected chi connectivity index (χ3v) is 5.11. The molecule has 0 saturated carbocycles. The van der Waals surface area contributed by atoms with Gasteiger partial charge in [0.15, 0.2) is 5.17 Å². The number of amidine groups is 1. The average Bonchev–Trinajstić information content (AvgIpc) is 2.66. The molecule has 26 heavy (non-hydrogen) atoms. The van der Waals surface area contributed by atoms with Gasteiger partial charge in [-0.1, -0.05) is 37.6 Å². The first-order chi connectivity index (χ1) is 12.6. The second-order valence-electron chi connectivity index (χ2n) is 6.40. The number of aromatic nitrogens is 1. The maximum absolute atomic E-state index is 14.1. The van der Waals surface area contributed by atoms with Gasteiger partial charge in [0.2, 0.25) is 5.95 Å². The Morgan fingerprint density at radius 2 is 2.27 bits per heavy atom. The van der Waals surface area contributed by atoms with Crippen molar-refractivity contribution in [1.82, 2.24) is 4.98 Å². The number of halogens is 1. The molecule has 0 radical (unpaired) electrons. The normalized spacial score (nSPS) is 19.7. The van der Waals surface area contributed by atoms with E-state index in [4.69, 9.17) is 10.5 Å². The SMILES string of the molecule is CCCCC1C[C@@H](N=C(N)SC)c2cc(-c3cccnc3F)ccc2O1. The Morgan fingerprint density at radius 1 is 1.42 bits per heavy atom. The first-order valence-corrected chi connectivity index (χ1v) is 10.1. The Balaban J connectivity index is 1.99. The zero-order valence-corrected chi connectivity index (χ0v) is 15.9. The van der Waals surface area contributed by atoms with E-state index < -0.39 is 5.95 Å². The summed E-state index contributed by atoms with van der Waals surface area (Å²) in [5.74, 6) is 0.335. The number of rotatable bonds is 5. The minimum Gasteiger partial charge on any atom is -0.490 e. The summed E-state index contributed by atoms with van der Waals surface area (Å²) in [7, 11) is 0. The number of pyridine rings is 1. The van der Waals surface area contributed by atoms with Crippen molar-refractivity contribution in [1.29, 1.82) is 0 Å². The summed E-state index contributed by atoms with van der Waals surface area (Å²) in [4.78, 5) is 8.42. The second-order valence-corrected chi connectivity index (χ2v) is 7.23. The van der Waals surface area contributed by atoms with Gasteiger partial charge in [-0.15, -0.1) is 0 Å². The molecule has 1 aromatic heterocycles. The molecule has 2 atom stereocenters. The molecule has 1 aliphatic heterocycles. The van der Waals surface area contributed by atoms with E-state index in [9.17, 15) is 4.39 Å². The highest BCUT2D eigenvalue weighted by molar-refractivity contribution is 8.13. The van der Waals surface area contributed by atoms with Gasteiger partial charge < -0.3 is 10.5 Å². The van der Waals surface area contributed by atoms with Gasteiger partial charge in [0.25, 0.3) is 0 Å². The van der Waals surface area contributed by atoms with Gasteiger partial charge in [0.05, 0.1) is 6.04 Å². The first kappa shape index (κ1) is 18.7. The molecule has 4 nitrogen and oxygen atoms in total. The van der Waals surface area contributed by atoms with Crippen molar-refractivity contribution < 1.29 is 9.13 Å². The summed E-state index contributed by atoms with van der Waals surface area (Å²) in [6.45, 7) is 2.17. The van der Waals surface area contributed by atoms with E-state index in [-0.39, 0.29) is 12.1 Å². The highest BCUT2D eigenvalue weighted by Crippen LogP contribution is 2.41. The van der Waals surface area contributed by atoms with E-state index in [0.717, 1.165) is 42.6 Å². The van der Waals surface area contributed by atoms with Crippen LogP contribution in [0.3, 0.4) is 0 Å². The Hall–Kier alpha value is -2.08. The van der Waals surface area contributed by atoms with Crippen LogP contribution in [-0.2, 0) is 0 Å². The molecular weight excluding hydrogens is 349 g/mol. The maximum atomic E-state index is 14.1. The van der Waals surface area contributed by atoms with E-state index in [2.05, 4.69) is 16.9 Å². The predicted octanol–water partition coefficient (Wildman–Crippen LogP) is 4.95. The van der Waals surface area contributed by atoms with E-state index in [0.29, 0.717) is 10.7 Å². The molecule has 0 fully saturated rings. The van der Waals surface area contributed by atoms with Gasteiger partial charge in [-0.25, -0.2) is 4.98 Å². The van der Waals surface area contributed by atoms with Crippen LogP contribution in [0, 0.1) is 5.95 Å². The molecule has 0 bridgehead atoms. The summed E-state index contributed by atoms with van der Waals surface area (Å²) in [6.07, 6.45) is 7.53. The minimum atomic E-state index is -0.478. The van der Waals surface area contributed by atoms with Crippen LogP contribution in [0.2, 0.25) is 0 Å². The van der Waals surface area contributed by atoms with Gasteiger partial charge in [-0.2, -0.15) is 4.39 Å². The standard InChI is InChI=1S/C20H24FN3OS/c1-3-4-6-14-12-17(24-20(22)26-2)16-11-13(8-9-18(16)25-14)15-7-5-10-23-19(15)21/h5,7-11,14,17H,3-4,6,12H2,1-2H3,(H2,22,24)/t14?,17-/m1/s1. The molecule has 2 N–H and O–H groups in total. The molecule has 1 unspecified atom stereocenters. The summed E-state index contributed by atoms with van der Waals surface area (Å²) >= 11 is 1.43. The van der Waals surface area contributed by atoms with E-state index in [1.54, 1.807) is 12.1 Å². The van der Waals surface area contributed by atoms with Crippen molar-refractivity contribution in [2.45, 2.75) is 44.8 Å².